The van der Waals surface area contributed by atoms with E-state index in [-0.39, 0.29) is 5.97 Å². The van der Waals surface area contributed by atoms with Crippen LogP contribution in [-0.2, 0) is 4.74 Å². The van der Waals surface area contributed by atoms with Gasteiger partial charge in [-0.3, -0.25) is 0 Å². The molecule has 4 heteroatoms. The van der Waals surface area contributed by atoms with Gasteiger partial charge in [0.05, 0.1) is 12.7 Å². The van der Waals surface area contributed by atoms with Crippen LogP contribution in [0.3, 0.4) is 0 Å². The van der Waals surface area contributed by atoms with Crippen LogP contribution in [0.25, 0.3) is 0 Å². The number of nitrogen functional groups attached to an aromatic ring is 1. The Labute approximate surface area is 108 Å². The molecule has 0 bridgehead atoms. The summed E-state index contributed by atoms with van der Waals surface area (Å²) in [7, 11) is 1.37. The van der Waals surface area contributed by atoms with Crippen molar-refractivity contribution in [3.05, 3.63) is 23.8 Å². The lowest BCUT2D eigenvalue weighted by Crippen LogP contribution is -2.28. The van der Waals surface area contributed by atoms with Crippen LogP contribution >= 0.6 is 0 Å². The first kappa shape index (κ1) is 12.7. The summed E-state index contributed by atoms with van der Waals surface area (Å²) in [6.45, 7) is 3.24. The van der Waals surface area contributed by atoms with Gasteiger partial charge in [0.2, 0.25) is 0 Å². The van der Waals surface area contributed by atoms with E-state index in [4.69, 9.17) is 10.5 Å². The Hall–Kier alpha value is -1.71. The number of benzene rings is 1. The van der Waals surface area contributed by atoms with Crippen LogP contribution in [0, 0.1) is 0 Å². The number of rotatable bonds is 3. The number of methoxy groups -OCH3 is 1. The number of nitrogens with zero attached hydrogens (tertiary/aromatic N) is 1. The highest BCUT2D eigenvalue weighted by atomic mass is 16.5. The fraction of sp³-hybridized carbons (Fsp3) is 0.500. The highest BCUT2D eigenvalue weighted by Gasteiger charge is 2.24. The van der Waals surface area contributed by atoms with Crippen LogP contribution < -0.4 is 10.6 Å². The Kier molecular flexibility index (Phi) is 3.75. The highest BCUT2D eigenvalue weighted by Crippen LogP contribution is 2.29. The van der Waals surface area contributed by atoms with Crippen LogP contribution in [0.1, 0.15) is 36.5 Å². The first-order chi connectivity index (χ1) is 8.67. The molecule has 1 heterocycles. The summed E-state index contributed by atoms with van der Waals surface area (Å²) in [4.78, 5) is 14.0. The molecule has 1 unspecified atom stereocenters. The third-order valence-corrected chi connectivity index (χ3v) is 3.62. The normalized spacial score (nSPS) is 19.0. The molecule has 4 nitrogen and oxygen atoms in total. The fourth-order valence-electron chi connectivity index (χ4n) is 2.61. The predicted octanol–water partition coefficient (Wildman–Crippen LogP) is 2.43. The van der Waals surface area contributed by atoms with Crippen molar-refractivity contribution in [3.63, 3.8) is 0 Å². The zero-order chi connectivity index (χ0) is 13.1. The molecular formula is C14H20N2O2. The van der Waals surface area contributed by atoms with Crippen molar-refractivity contribution in [3.8, 4) is 0 Å². The Morgan fingerprint density at radius 1 is 1.56 bits per heavy atom. The maximum absolute atomic E-state index is 11.6. The van der Waals surface area contributed by atoms with Crippen LogP contribution in [0.4, 0.5) is 11.4 Å². The first-order valence-electron chi connectivity index (χ1n) is 6.41. The molecule has 0 amide bonds. The number of nitrogens with two attached hydrogens (primary N) is 1. The SMILES string of the molecule is CCC1CCCN1c1ccc(N)c(C(=O)OC)c1. The summed E-state index contributed by atoms with van der Waals surface area (Å²) in [6, 6.07) is 6.18. The van der Waals surface area contributed by atoms with Crippen molar-refractivity contribution in [1.82, 2.24) is 0 Å². The Morgan fingerprint density at radius 3 is 3.00 bits per heavy atom. The van der Waals surface area contributed by atoms with E-state index in [1.165, 1.54) is 20.0 Å². The smallest absolute Gasteiger partial charge is 0.340 e. The molecule has 98 valence electrons. The number of ether oxygens (including phenoxy) is 1. The molecular weight excluding hydrogens is 228 g/mol. The quantitative estimate of drug-likeness (QED) is 0.659. The minimum absolute atomic E-state index is 0.374. The minimum atomic E-state index is -0.374. The first-order valence-corrected chi connectivity index (χ1v) is 6.41. The number of esters is 1. The highest BCUT2D eigenvalue weighted by molar-refractivity contribution is 5.96. The molecule has 0 aliphatic carbocycles. The molecule has 2 N–H and O–H groups in total. The third-order valence-electron chi connectivity index (χ3n) is 3.62. The van der Waals surface area contributed by atoms with Crippen LogP contribution in [0.15, 0.2) is 18.2 Å². The molecule has 1 fully saturated rings. The molecule has 1 atom stereocenters. The molecule has 0 saturated carbocycles. The second-order valence-corrected chi connectivity index (χ2v) is 4.66. The molecule has 1 saturated heterocycles. The van der Waals surface area contributed by atoms with Gasteiger partial charge in [0, 0.05) is 24.0 Å². The molecule has 18 heavy (non-hydrogen) atoms. The largest absolute Gasteiger partial charge is 0.465 e. The Morgan fingerprint density at radius 2 is 2.33 bits per heavy atom. The maximum Gasteiger partial charge on any atom is 0.340 e. The van der Waals surface area contributed by atoms with Gasteiger partial charge in [0.1, 0.15) is 0 Å². The molecule has 0 spiro atoms. The van der Waals surface area contributed by atoms with Crippen molar-refractivity contribution < 1.29 is 9.53 Å². The van der Waals surface area contributed by atoms with E-state index in [1.54, 1.807) is 6.07 Å². The van der Waals surface area contributed by atoms with Crippen molar-refractivity contribution >= 4 is 17.3 Å². The Balaban J connectivity index is 2.32. The van der Waals surface area contributed by atoms with E-state index in [1.807, 2.05) is 12.1 Å². The van der Waals surface area contributed by atoms with E-state index in [9.17, 15) is 4.79 Å². The van der Waals surface area contributed by atoms with Gasteiger partial charge in [-0.05, 0) is 37.5 Å². The lowest BCUT2D eigenvalue weighted by molar-refractivity contribution is 0.0602. The summed E-state index contributed by atoms with van der Waals surface area (Å²) in [5.74, 6) is -0.374. The lowest BCUT2D eigenvalue weighted by Gasteiger charge is -2.26. The van der Waals surface area contributed by atoms with E-state index in [0.29, 0.717) is 17.3 Å². The third kappa shape index (κ3) is 2.28. The summed E-state index contributed by atoms with van der Waals surface area (Å²) < 4.78 is 4.75. The van der Waals surface area contributed by atoms with Gasteiger partial charge < -0.3 is 15.4 Å². The molecule has 0 aromatic heterocycles. The topological polar surface area (TPSA) is 55.6 Å². The van der Waals surface area contributed by atoms with Gasteiger partial charge in [-0.2, -0.15) is 0 Å². The van der Waals surface area contributed by atoms with Gasteiger partial charge in [-0.25, -0.2) is 4.79 Å². The second kappa shape index (κ2) is 5.29. The van der Waals surface area contributed by atoms with Crippen molar-refractivity contribution in [2.75, 3.05) is 24.3 Å². The van der Waals surface area contributed by atoms with Gasteiger partial charge in [-0.15, -0.1) is 0 Å². The lowest BCUT2D eigenvalue weighted by atomic mass is 10.1. The summed E-state index contributed by atoms with van der Waals surface area (Å²) in [6.07, 6.45) is 3.54. The monoisotopic (exact) mass is 248 g/mol. The fourth-order valence-corrected chi connectivity index (χ4v) is 2.61. The van der Waals surface area contributed by atoms with E-state index in [2.05, 4.69) is 11.8 Å². The Bertz CT molecular complexity index is 445. The molecule has 0 radical (unpaired) electrons. The van der Waals surface area contributed by atoms with E-state index >= 15 is 0 Å². The maximum atomic E-state index is 11.6. The number of carbonyl (C=O) groups is 1. The summed E-state index contributed by atoms with van der Waals surface area (Å²) in [5, 5.41) is 0. The molecule has 1 aromatic carbocycles. The summed E-state index contributed by atoms with van der Waals surface area (Å²) in [5.41, 5.74) is 7.80. The van der Waals surface area contributed by atoms with Crippen molar-refractivity contribution in [2.24, 2.45) is 0 Å². The van der Waals surface area contributed by atoms with E-state index < -0.39 is 0 Å². The van der Waals surface area contributed by atoms with Crippen molar-refractivity contribution in [2.45, 2.75) is 32.2 Å². The molecule has 1 aromatic rings. The molecule has 1 aliphatic rings. The number of carbonyl (C=O) groups excluding carboxylic acids is 1. The van der Waals surface area contributed by atoms with Gasteiger partial charge in [-0.1, -0.05) is 6.92 Å². The molecule has 1 aliphatic heterocycles. The number of anilines is 2. The number of hydrogen-bond acceptors (Lipinski definition) is 4. The second-order valence-electron chi connectivity index (χ2n) is 4.66. The zero-order valence-corrected chi connectivity index (χ0v) is 11.0. The van der Waals surface area contributed by atoms with Gasteiger partial charge in [0.15, 0.2) is 0 Å². The van der Waals surface area contributed by atoms with Crippen molar-refractivity contribution in [1.29, 1.82) is 0 Å². The van der Waals surface area contributed by atoms with Gasteiger partial charge in [0.25, 0.3) is 0 Å². The minimum Gasteiger partial charge on any atom is -0.465 e. The average molecular weight is 248 g/mol. The van der Waals surface area contributed by atoms with E-state index in [0.717, 1.165) is 18.7 Å². The molecule has 2 rings (SSSR count). The average Bonchev–Trinajstić information content (AvgIpc) is 2.86. The van der Waals surface area contributed by atoms with Gasteiger partial charge >= 0.3 is 5.97 Å². The number of hydrogen-bond donors (Lipinski definition) is 1. The summed E-state index contributed by atoms with van der Waals surface area (Å²) >= 11 is 0. The predicted molar refractivity (Wildman–Crippen MR) is 72.9 cm³/mol. The van der Waals surface area contributed by atoms with Crippen LogP contribution in [0.2, 0.25) is 0 Å². The zero-order valence-electron chi connectivity index (χ0n) is 11.0. The standard InChI is InChI=1S/C14H20N2O2/c1-3-10-5-4-8-16(10)11-6-7-13(15)12(9-11)14(17)18-2/h6-7,9-10H,3-5,8,15H2,1-2H3. The van der Waals surface area contributed by atoms with Crippen LogP contribution in [-0.4, -0.2) is 25.7 Å². The van der Waals surface area contributed by atoms with Crippen LogP contribution in [0.5, 0.6) is 0 Å².